The third-order valence-electron chi connectivity index (χ3n) is 6.06. The summed E-state index contributed by atoms with van der Waals surface area (Å²) in [6, 6.07) is 10.4. The largest absolute Gasteiger partial charge is 0.477 e. The van der Waals surface area contributed by atoms with Crippen LogP contribution in [0.5, 0.6) is 0 Å². The lowest BCUT2D eigenvalue weighted by atomic mass is 10.0. The maximum Gasteiger partial charge on any atom is 0.342 e. The van der Waals surface area contributed by atoms with Gasteiger partial charge in [0.25, 0.3) is 5.56 Å². The molecule has 162 valence electrons. The lowest BCUT2D eigenvalue weighted by molar-refractivity contribution is 0.0693. The summed E-state index contributed by atoms with van der Waals surface area (Å²) in [6.07, 6.45) is 2.31. The molecular weight excluding hydrogens is 430 g/mol. The first-order chi connectivity index (χ1) is 15.3. The van der Waals surface area contributed by atoms with Crippen LogP contribution in [0.3, 0.4) is 0 Å². The first-order valence-corrected chi connectivity index (χ1v) is 10.9. The van der Waals surface area contributed by atoms with Crippen molar-refractivity contribution in [1.29, 1.82) is 0 Å². The summed E-state index contributed by atoms with van der Waals surface area (Å²) < 4.78 is 4.42. The van der Waals surface area contributed by atoms with Gasteiger partial charge in [0, 0.05) is 13.2 Å². The van der Waals surface area contributed by atoms with Gasteiger partial charge in [-0.2, -0.15) is 0 Å². The molecule has 1 aliphatic carbocycles. The SMILES string of the molecule is Cc1ccc2c(c1)C(n1c(=O)c(C(=O)O)cn(-c3ccc4c(c3)sc(=O)n4C)c1=O)CC2. The molecule has 8 nitrogen and oxygen atoms in total. The zero-order valence-corrected chi connectivity index (χ0v) is 18.2. The van der Waals surface area contributed by atoms with Crippen LogP contribution in [-0.2, 0) is 13.5 Å². The van der Waals surface area contributed by atoms with Gasteiger partial charge in [0.2, 0.25) is 0 Å². The Morgan fingerprint density at radius 3 is 2.66 bits per heavy atom. The minimum Gasteiger partial charge on any atom is -0.477 e. The number of thiazole rings is 1. The Bertz CT molecular complexity index is 1600. The van der Waals surface area contributed by atoms with Crippen LogP contribution in [0.1, 0.15) is 39.5 Å². The minimum atomic E-state index is -1.40. The van der Waals surface area contributed by atoms with Gasteiger partial charge in [-0.1, -0.05) is 35.1 Å². The molecule has 1 aliphatic rings. The maximum atomic E-state index is 13.5. The van der Waals surface area contributed by atoms with Gasteiger partial charge in [0.15, 0.2) is 0 Å². The van der Waals surface area contributed by atoms with E-state index in [2.05, 4.69) is 0 Å². The average molecular weight is 449 g/mol. The van der Waals surface area contributed by atoms with Crippen molar-refractivity contribution < 1.29 is 9.90 Å². The number of aryl methyl sites for hydroxylation is 3. The summed E-state index contributed by atoms with van der Waals surface area (Å²) >= 11 is 1.04. The van der Waals surface area contributed by atoms with Gasteiger partial charge in [0.05, 0.1) is 21.9 Å². The van der Waals surface area contributed by atoms with E-state index in [0.29, 0.717) is 28.7 Å². The molecule has 2 aromatic heterocycles. The van der Waals surface area contributed by atoms with E-state index in [4.69, 9.17) is 0 Å². The predicted molar refractivity (Wildman–Crippen MR) is 122 cm³/mol. The fourth-order valence-corrected chi connectivity index (χ4v) is 5.33. The van der Waals surface area contributed by atoms with Crippen molar-refractivity contribution in [3.63, 3.8) is 0 Å². The van der Waals surface area contributed by atoms with Crippen molar-refractivity contribution >= 4 is 27.5 Å². The molecule has 0 amide bonds. The van der Waals surface area contributed by atoms with E-state index in [1.54, 1.807) is 25.2 Å². The van der Waals surface area contributed by atoms with Crippen molar-refractivity contribution in [3.05, 3.63) is 95.4 Å². The molecule has 0 fully saturated rings. The number of rotatable bonds is 3. The average Bonchev–Trinajstić information content (AvgIpc) is 3.28. The van der Waals surface area contributed by atoms with Crippen molar-refractivity contribution in [3.8, 4) is 5.69 Å². The topological polar surface area (TPSA) is 103 Å². The number of hydrogen-bond donors (Lipinski definition) is 1. The number of nitrogens with zero attached hydrogens (tertiary/aromatic N) is 3. The second-order valence-corrected chi connectivity index (χ2v) is 9.00. The summed E-state index contributed by atoms with van der Waals surface area (Å²) in [6.45, 7) is 1.94. The summed E-state index contributed by atoms with van der Waals surface area (Å²) in [5, 5.41) is 9.67. The Hall–Kier alpha value is -3.72. The molecule has 1 unspecified atom stereocenters. The van der Waals surface area contributed by atoms with Crippen LogP contribution in [0.15, 0.2) is 57.0 Å². The zero-order chi connectivity index (χ0) is 22.7. The minimum absolute atomic E-state index is 0.140. The number of fused-ring (bicyclic) bond motifs is 2. The van der Waals surface area contributed by atoms with Crippen molar-refractivity contribution in [2.45, 2.75) is 25.8 Å². The molecule has 1 N–H and O–H groups in total. The van der Waals surface area contributed by atoms with Gasteiger partial charge >= 0.3 is 16.5 Å². The van der Waals surface area contributed by atoms with Gasteiger partial charge in [-0.3, -0.25) is 18.7 Å². The first kappa shape index (κ1) is 20.2. The second kappa shape index (κ2) is 7.16. The van der Waals surface area contributed by atoms with Gasteiger partial charge in [-0.25, -0.2) is 9.59 Å². The highest BCUT2D eigenvalue weighted by Gasteiger charge is 2.29. The smallest absolute Gasteiger partial charge is 0.342 e. The molecule has 9 heteroatoms. The standard InChI is InChI=1S/C23H19N3O5S/c1-12-3-4-13-5-7-17(15(13)9-12)26-20(27)16(21(28)29)11-25(22(26)30)14-6-8-18-19(10-14)32-23(31)24(18)2/h3-4,6,8-11,17H,5,7H2,1-2H3,(H,28,29). The lowest BCUT2D eigenvalue weighted by Crippen LogP contribution is -2.43. The monoisotopic (exact) mass is 449 g/mol. The van der Waals surface area contributed by atoms with E-state index < -0.39 is 28.8 Å². The van der Waals surface area contributed by atoms with Crippen LogP contribution in [0.2, 0.25) is 0 Å². The Morgan fingerprint density at radius 2 is 1.91 bits per heavy atom. The summed E-state index contributed by atoms with van der Waals surface area (Å²) in [5.74, 6) is -1.40. The molecule has 1 atom stereocenters. The van der Waals surface area contributed by atoms with Crippen LogP contribution < -0.4 is 16.1 Å². The molecule has 0 radical (unpaired) electrons. The number of carbonyl (C=O) groups is 1. The third kappa shape index (κ3) is 2.96. The molecule has 32 heavy (non-hydrogen) atoms. The Kier molecular flexibility index (Phi) is 4.52. The molecule has 4 aromatic rings. The molecule has 5 rings (SSSR count). The predicted octanol–water partition coefficient (Wildman–Crippen LogP) is 2.45. The zero-order valence-electron chi connectivity index (χ0n) is 17.4. The van der Waals surface area contributed by atoms with Crippen LogP contribution in [-0.4, -0.2) is 24.8 Å². The molecule has 0 saturated carbocycles. The lowest BCUT2D eigenvalue weighted by Gasteiger charge is -2.18. The number of carboxylic acid groups (broad SMARTS) is 1. The highest BCUT2D eigenvalue weighted by atomic mass is 32.1. The number of benzene rings is 2. The summed E-state index contributed by atoms with van der Waals surface area (Å²) in [4.78, 5) is 50.3. The third-order valence-corrected chi connectivity index (χ3v) is 7.06. The second-order valence-electron chi connectivity index (χ2n) is 8.01. The van der Waals surface area contributed by atoms with E-state index in [-0.39, 0.29) is 4.87 Å². The highest BCUT2D eigenvalue weighted by molar-refractivity contribution is 7.16. The van der Waals surface area contributed by atoms with Crippen LogP contribution >= 0.6 is 11.3 Å². The van der Waals surface area contributed by atoms with Gasteiger partial charge < -0.3 is 9.67 Å². The fourth-order valence-electron chi connectivity index (χ4n) is 4.42. The molecule has 0 aliphatic heterocycles. The van der Waals surface area contributed by atoms with Gasteiger partial charge in [-0.15, -0.1) is 0 Å². The summed E-state index contributed by atoms with van der Waals surface area (Å²) in [7, 11) is 1.66. The number of carboxylic acids is 1. The number of hydrogen-bond acceptors (Lipinski definition) is 5. The van der Waals surface area contributed by atoms with Gasteiger partial charge in [0.1, 0.15) is 5.56 Å². The van der Waals surface area contributed by atoms with E-state index in [1.165, 1.54) is 9.13 Å². The van der Waals surface area contributed by atoms with E-state index in [0.717, 1.165) is 38.8 Å². The van der Waals surface area contributed by atoms with E-state index >= 15 is 0 Å². The maximum absolute atomic E-state index is 13.5. The van der Waals surface area contributed by atoms with Crippen LogP contribution in [0.25, 0.3) is 15.9 Å². The van der Waals surface area contributed by atoms with Crippen LogP contribution in [0, 0.1) is 6.92 Å². The summed E-state index contributed by atoms with van der Waals surface area (Å²) in [5.41, 5.74) is 2.12. The molecule has 2 aromatic carbocycles. The van der Waals surface area contributed by atoms with Gasteiger partial charge in [-0.05, 0) is 49.1 Å². The normalized spacial score (nSPS) is 15.2. The van der Waals surface area contributed by atoms with Crippen molar-refractivity contribution in [2.75, 3.05) is 0 Å². The molecule has 2 heterocycles. The number of aromatic carboxylic acids is 1. The molecule has 0 spiro atoms. The quantitative estimate of drug-likeness (QED) is 0.518. The Morgan fingerprint density at radius 1 is 1.12 bits per heavy atom. The number of aromatic nitrogens is 3. The molecule has 0 saturated heterocycles. The fraction of sp³-hybridized carbons (Fsp3) is 0.217. The van der Waals surface area contributed by atoms with E-state index in [1.807, 2.05) is 25.1 Å². The van der Waals surface area contributed by atoms with Crippen molar-refractivity contribution in [1.82, 2.24) is 13.7 Å². The molecule has 0 bridgehead atoms. The first-order valence-electron chi connectivity index (χ1n) is 10.1. The highest BCUT2D eigenvalue weighted by Crippen LogP contribution is 2.33. The van der Waals surface area contributed by atoms with E-state index in [9.17, 15) is 24.3 Å². The van der Waals surface area contributed by atoms with Crippen molar-refractivity contribution in [2.24, 2.45) is 7.05 Å². The Labute approximate surface area is 185 Å². The Balaban J connectivity index is 1.78. The molecular formula is C23H19N3O5S. The van der Waals surface area contributed by atoms with Crippen LogP contribution in [0.4, 0.5) is 0 Å².